The first-order chi connectivity index (χ1) is 15.7. The Morgan fingerprint density at radius 2 is 1.79 bits per heavy atom. The van der Waals surface area contributed by atoms with E-state index in [-0.39, 0.29) is 11.3 Å². The molecule has 11 heteroatoms. The van der Waals surface area contributed by atoms with Crippen molar-refractivity contribution in [2.24, 2.45) is 4.99 Å². The molecule has 0 aromatic heterocycles. The van der Waals surface area contributed by atoms with Gasteiger partial charge < -0.3 is 10.1 Å². The molecule has 176 valence electrons. The number of unbranched alkanes of at least 4 members (excludes halogenated alkanes) is 2. The number of carbonyl (C=O) groups excluding carboxylic acids is 2. The third-order valence-corrected chi connectivity index (χ3v) is 6.61. The highest BCUT2D eigenvalue weighted by Crippen LogP contribution is 2.23. The SMILES string of the molecule is C[C@H](OC(=O)CCCCCN=C1NS(=O)(=O)c2ccccc21)C(=O)Nc1cc(Cl)cc(Cl)c1. The number of amides is 1. The summed E-state index contributed by atoms with van der Waals surface area (Å²) in [6, 6.07) is 11.3. The van der Waals surface area contributed by atoms with Crippen molar-refractivity contribution in [2.75, 3.05) is 11.9 Å². The van der Waals surface area contributed by atoms with Crippen LogP contribution in [-0.4, -0.2) is 38.8 Å². The van der Waals surface area contributed by atoms with Gasteiger partial charge in [-0.05, 0) is 50.1 Å². The average Bonchev–Trinajstić information content (AvgIpc) is 3.00. The summed E-state index contributed by atoms with van der Waals surface area (Å²) in [5.41, 5.74) is 0.975. The smallest absolute Gasteiger partial charge is 0.306 e. The summed E-state index contributed by atoms with van der Waals surface area (Å²) in [6.07, 6.45) is 1.11. The Balaban J connectivity index is 1.37. The Morgan fingerprint density at radius 3 is 2.52 bits per heavy atom. The lowest BCUT2D eigenvalue weighted by molar-refractivity contribution is -0.153. The third-order valence-electron chi connectivity index (χ3n) is 4.78. The molecule has 0 saturated heterocycles. The fraction of sp³-hybridized carbons (Fsp3) is 0.318. The van der Waals surface area contributed by atoms with E-state index in [0.717, 1.165) is 0 Å². The number of benzene rings is 2. The topological polar surface area (TPSA) is 114 Å². The quantitative estimate of drug-likeness (QED) is 0.387. The van der Waals surface area contributed by atoms with Crippen LogP contribution in [0.2, 0.25) is 10.0 Å². The van der Waals surface area contributed by atoms with E-state index in [1.165, 1.54) is 13.0 Å². The Labute approximate surface area is 202 Å². The van der Waals surface area contributed by atoms with E-state index in [2.05, 4.69) is 15.0 Å². The number of aliphatic imine (C=N–C) groups is 1. The molecule has 1 amide bonds. The van der Waals surface area contributed by atoms with E-state index in [1.54, 1.807) is 36.4 Å². The van der Waals surface area contributed by atoms with Gasteiger partial charge in [-0.25, -0.2) is 8.42 Å². The maximum atomic E-state index is 12.2. The van der Waals surface area contributed by atoms with Gasteiger partial charge in [-0.1, -0.05) is 41.8 Å². The van der Waals surface area contributed by atoms with Crippen molar-refractivity contribution in [3.8, 4) is 0 Å². The van der Waals surface area contributed by atoms with Gasteiger partial charge in [0.15, 0.2) is 6.10 Å². The summed E-state index contributed by atoms with van der Waals surface area (Å²) in [5, 5.41) is 3.36. The molecule has 0 saturated carbocycles. The molecule has 1 heterocycles. The number of esters is 1. The number of nitrogens with zero attached hydrogens (tertiary/aromatic N) is 1. The van der Waals surface area contributed by atoms with Crippen LogP contribution in [0, 0.1) is 0 Å². The number of amidine groups is 1. The number of hydrogen-bond acceptors (Lipinski definition) is 6. The second-order valence-electron chi connectivity index (χ2n) is 7.42. The summed E-state index contributed by atoms with van der Waals surface area (Å²) in [7, 11) is -3.54. The summed E-state index contributed by atoms with van der Waals surface area (Å²) >= 11 is 11.8. The van der Waals surface area contributed by atoms with Gasteiger partial charge in [0, 0.05) is 34.3 Å². The number of carbonyl (C=O) groups is 2. The van der Waals surface area contributed by atoms with E-state index in [9.17, 15) is 18.0 Å². The molecule has 3 rings (SSSR count). The van der Waals surface area contributed by atoms with Crippen molar-refractivity contribution in [3.05, 3.63) is 58.1 Å². The zero-order chi connectivity index (χ0) is 24.0. The summed E-state index contributed by atoms with van der Waals surface area (Å²) in [6.45, 7) is 1.90. The second-order valence-corrected chi connectivity index (χ2v) is 9.95. The Kier molecular flexibility index (Phi) is 8.34. The number of halogens is 2. The van der Waals surface area contributed by atoms with E-state index < -0.39 is 28.0 Å². The number of sulfonamides is 1. The van der Waals surface area contributed by atoms with Crippen LogP contribution >= 0.6 is 23.2 Å². The van der Waals surface area contributed by atoms with Gasteiger partial charge in [0.25, 0.3) is 15.9 Å². The van der Waals surface area contributed by atoms with E-state index >= 15 is 0 Å². The van der Waals surface area contributed by atoms with Gasteiger partial charge in [-0.3, -0.25) is 19.3 Å². The fourth-order valence-corrected chi connectivity index (χ4v) is 4.96. The van der Waals surface area contributed by atoms with Gasteiger partial charge in [0.2, 0.25) is 0 Å². The lowest BCUT2D eigenvalue weighted by atomic mass is 10.2. The predicted octanol–water partition coefficient (Wildman–Crippen LogP) is 4.16. The van der Waals surface area contributed by atoms with E-state index in [0.29, 0.717) is 52.9 Å². The van der Waals surface area contributed by atoms with Crippen molar-refractivity contribution in [3.63, 3.8) is 0 Å². The largest absolute Gasteiger partial charge is 0.453 e. The van der Waals surface area contributed by atoms with E-state index in [1.807, 2.05) is 0 Å². The Morgan fingerprint density at radius 1 is 1.09 bits per heavy atom. The van der Waals surface area contributed by atoms with Crippen molar-refractivity contribution < 1.29 is 22.7 Å². The highest BCUT2D eigenvalue weighted by Gasteiger charge is 2.29. The van der Waals surface area contributed by atoms with Gasteiger partial charge in [0.05, 0.1) is 4.90 Å². The molecule has 2 aromatic carbocycles. The van der Waals surface area contributed by atoms with Crippen molar-refractivity contribution >= 4 is 56.6 Å². The molecule has 0 unspecified atom stereocenters. The summed E-state index contributed by atoms with van der Waals surface area (Å²) in [4.78, 5) is 28.8. The molecule has 33 heavy (non-hydrogen) atoms. The van der Waals surface area contributed by atoms with Crippen LogP contribution in [0.5, 0.6) is 0 Å². The highest BCUT2D eigenvalue weighted by atomic mass is 35.5. The van der Waals surface area contributed by atoms with Crippen LogP contribution in [0.1, 0.15) is 38.2 Å². The molecule has 0 radical (unpaired) electrons. The molecule has 8 nitrogen and oxygen atoms in total. The first kappa shape index (κ1) is 25.0. The third kappa shape index (κ3) is 6.93. The zero-order valence-corrected chi connectivity index (χ0v) is 20.1. The van der Waals surface area contributed by atoms with Crippen LogP contribution in [0.25, 0.3) is 0 Å². The van der Waals surface area contributed by atoms with Crippen LogP contribution in [0.3, 0.4) is 0 Å². The number of fused-ring (bicyclic) bond motifs is 1. The maximum absolute atomic E-state index is 12.2. The molecule has 1 aliphatic rings. The number of hydrogen-bond donors (Lipinski definition) is 2. The van der Waals surface area contributed by atoms with E-state index in [4.69, 9.17) is 27.9 Å². The minimum Gasteiger partial charge on any atom is -0.453 e. The predicted molar refractivity (Wildman–Crippen MR) is 127 cm³/mol. The standard InChI is InChI=1S/C22H23Cl2N3O5S/c1-14(22(29)26-17-12-15(23)11-16(24)13-17)32-20(28)9-3-2-6-10-25-21-18-7-4-5-8-19(18)33(30,31)27-21/h4-5,7-8,11-14H,2-3,6,9-10H2,1H3,(H,25,27)(H,26,29)/t14-/m0/s1. The molecular formula is C22H23Cl2N3O5S. The highest BCUT2D eigenvalue weighted by molar-refractivity contribution is 7.90. The fourth-order valence-electron chi connectivity index (χ4n) is 3.18. The molecule has 0 bridgehead atoms. The second kappa shape index (κ2) is 11.0. The zero-order valence-electron chi connectivity index (χ0n) is 17.8. The minimum absolute atomic E-state index is 0.159. The summed E-state index contributed by atoms with van der Waals surface area (Å²) in [5.74, 6) is -0.631. The number of anilines is 1. The molecule has 0 spiro atoms. The normalized spacial score (nSPS) is 16.0. The molecule has 2 aromatic rings. The Bertz CT molecular complexity index is 1160. The summed E-state index contributed by atoms with van der Waals surface area (Å²) < 4.78 is 31.7. The lowest BCUT2D eigenvalue weighted by Crippen LogP contribution is -2.29. The van der Waals surface area contributed by atoms with Crippen LogP contribution in [0.15, 0.2) is 52.4 Å². The van der Waals surface area contributed by atoms with Gasteiger partial charge in [0.1, 0.15) is 5.84 Å². The first-order valence-corrected chi connectivity index (χ1v) is 12.5. The number of ether oxygens (including phenoxy) is 1. The van der Waals surface area contributed by atoms with Gasteiger partial charge in [-0.2, -0.15) is 0 Å². The molecule has 0 fully saturated rings. The minimum atomic E-state index is -3.54. The van der Waals surface area contributed by atoms with Crippen molar-refractivity contribution in [2.45, 2.75) is 43.6 Å². The lowest BCUT2D eigenvalue weighted by Gasteiger charge is -2.14. The number of rotatable bonds is 9. The monoisotopic (exact) mass is 511 g/mol. The molecular weight excluding hydrogens is 489 g/mol. The molecule has 1 aliphatic heterocycles. The average molecular weight is 512 g/mol. The first-order valence-electron chi connectivity index (χ1n) is 10.3. The molecule has 2 N–H and O–H groups in total. The Hall–Kier alpha value is -2.62. The van der Waals surface area contributed by atoms with Crippen molar-refractivity contribution in [1.82, 2.24) is 4.72 Å². The number of nitrogens with one attached hydrogen (secondary N) is 2. The van der Waals surface area contributed by atoms with Crippen molar-refractivity contribution in [1.29, 1.82) is 0 Å². The van der Waals surface area contributed by atoms with Crippen LogP contribution in [-0.2, 0) is 24.3 Å². The van der Waals surface area contributed by atoms with Gasteiger partial charge >= 0.3 is 5.97 Å². The van der Waals surface area contributed by atoms with Gasteiger partial charge in [-0.15, -0.1) is 0 Å². The molecule has 1 atom stereocenters. The maximum Gasteiger partial charge on any atom is 0.306 e. The van der Waals surface area contributed by atoms with Crippen LogP contribution < -0.4 is 10.0 Å². The molecule has 0 aliphatic carbocycles. The van der Waals surface area contributed by atoms with Crippen LogP contribution in [0.4, 0.5) is 5.69 Å².